The Hall–Kier alpha value is -2.31. The Morgan fingerprint density at radius 2 is 1.75 bits per heavy atom. The van der Waals surface area contributed by atoms with Gasteiger partial charge in [0, 0.05) is 30.9 Å². The van der Waals surface area contributed by atoms with Crippen molar-refractivity contribution < 1.29 is 18.3 Å². The van der Waals surface area contributed by atoms with E-state index in [0.29, 0.717) is 5.69 Å². The fourth-order valence-corrected chi connectivity index (χ4v) is 2.55. The Labute approximate surface area is 139 Å². The van der Waals surface area contributed by atoms with E-state index in [-0.39, 0.29) is 5.56 Å². The first kappa shape index (κ1) is 16.5. The molecule has 3 rings (SSSR count). The fraction of sp³-hybridized carbons (Fsp3) is 0.278. The molecule has 1 fully saturated rings. The number of carbonyl (C=O) groups is 1. The van der Waals surface area contributed by atoms with Crippen molar-refractivity contribution in [1.29, 1.82) is 0 Å². The monoisotopic (exact) mass is 332 g/mol. The van der Waals surface area contributed by atoms with Crippen molar-refractivity contribution in [3.63, 3.8) is 0 Å². The van der Waals surface area contributed by atoms with E-state index in [0.717, 1.165) is 50.5 Å². The Morgan fingerprint density at radius 3 is 2.42 bits per heavy atom. The van der Waals surface area contributed by atoms with Gasteiger partial charge in [-0.05, 0) is 35.9 Å². The van der Waals surface area contributed by atoms with Gasteiger partial charge in [-0.3, -0.25) is 9.69 Å². The number of morpholine rings is 1. The summed E-state index contributed by atoms with van der Waals surface area (Å²) in [6, 6.07) is 10.6. The molecule has 6 heteroatoms. The summed E-state index contributed by atoms with van der Waals surface area (Å²) >= 11 is 0. The number of ether oxygens (including phenoxy) is 1. The summed E-state index contributed by atoms with van der Waals surface area (Å²) in [7, 11) is 0. The maximum absolute atomic E-state index is 13.2. The van der Waals surface area contributed by atoms with Gasteiger partial charge >= 0.3 is 0 Å². The summed E-state index contributed by atoms with van der Waals surface area (Å²) in [5, 5.41) is 2.67. The molecule has 24 heavy (non-hydrogen) atoms. The third-order valence-corrected chi connectivity index (χ3v) is 3.90. The van der Waals surface area contributed by atoms with Crippen molar-refractivity contribution in [2.75, 3.05) is 31.6 Å². The average Bonchev–Trinajstić information content (AvgIpc) is 2.60. The Kier molecular flexibility index (Phi) is 5.17. The largest absolute Gasteiger partial charge is 0.379 e. The number of halogens is 2. The highest BCUT2D eigenvalue weighted by molar-refractivity contribution is 6.04. The lowest BCUT2D eigenvalue weighted by Crippen LogP contribution is -2.35. The van der Waals surface area contributed by atoms with Crippen LogP contribution in [0.15, 0.2) is 42.5 Å². The number of nitrogens with one attached hydrogen (secondary N) is 1. The van der Waals surface area contributed by atoms with Gasteiger partial charge in [0.25, 0.3) is 5.91 Å². The van der Waals surface area contributed by atoms with Crippen molar-refractivity contribution >= 4 is 11.6 Å². The van der Waals surface area contributed by atoms with Crippen LogP contribution in [0, 0.1) is 11.6 Å². The molecule has 0 atom stereocenters. The van der Waals surface area contributed by atoms with Crippen molar-refractivity contribution in [3.8, 4) is 0 Å². The molecule has 2 aromatic rings. The lowest BCUT2D eigenvalue weighted by Gasteiger charge is -2.26. The molecule has 2 aromatic carbocycles. The standard InChI is InChI=1S/C18H18F2N2O2/c19-16-6-3-14(11-17(16)20)18(23)21-15-4-1-13(2-5-15)12-22-7-9-24-10-8-22/h1-6,11H,7-10,12H2,(H,21,23). The molecule has 1 aliphatic heterocycles. The fourth-order valence-electron chi connectivity index (χ4n) is 2.55. The number of anilines is 1. The second kappa shape index (κ2) is 7.51. The maximum atomic E-state index is 13.2. The second-order valence-electron chi connectivity index (χ2n) is 5.67. The van der Waals surface area contributed by atoms with Crippen LogP contribution < -0.4 is 5.32 Å². The minimum absolute atomic E-state index is 0.0753. The topological polar surface area (TPSA) is 41.6 Å². The third kappa shape index (κ3) is 4.15. The van der Waals surface area contributed by atoms with E-state index in [1.54, 1.807) is 12.1 Å². The van der Waals surface area contributed by atoms with Gasteiger partial charge in [0.15, 0.2) is 11.6 Å². The highest BCUT2D eigenvalue weighted by Gasteiger charge is 2.12. The zero-order valence-electron chi connectivity index (χ0n) is 13.1. The van der Waals surface area contributed by atoms with Crippen LogP contribution in [0.25, 0.3) is 0 Å². The first-order valence-electron chi connectivity index (χ1n) is 7.77. The van der Waals surface area contributed by atoms with E-state index in [9.17, 15) is 13.6 Å². The molecule has 4 nitrogen and oxygen atoms in total. The van der Waals surface area contributed by atoms with Crippen LogP contribution in [-0.4, -0.2) is 37.1 Å². The smallest absolute Gasteiger partial charge is 0.255 e. The number of hydrogen-bond acceptors (Lipinski definition) is 3. The van der Waals surface area contributed by atoms with Crippen LogP contribution in [0.4, 0.5) is 14.5 Å². The van der Waals surface area contributed by atoms with Crippen molar-refractivity contribution in [1.82, 2.24) is 4.90 Å². The molecule has 0 bridgehead atoms. The first-order valence-corrected chi connectivity index (χ1v) is 7.77. The summed E-state index contributed by atoms with van der Waals surface area (Å²) in [4.78, 5) is 14.4. The number of hydrogen-bond donors (Lipinski definition) is 1. The number of rotatable bonds is 4. The zero-order valence-corrected chi connectivity index (χ0v) is 13.1. The molecule has 1 aliphatic rings. The molecule has 1 saturated heterocycles. The van der Waals surface area contributed by atoms with Gasteiger partial charge < -0.3 is 10.1 Å². The van der Waals surface area contributed by atoms with Gasteiger partial charge in [0.2, 0.25) is 0 Å². The van der Waals surface area contributed by atoms with Crippen molar-refractivity contribution in [3.05, 3.63) is 65.2 Å². The third-order valence-electron chi connectivity index (χ3n) is 3.90. The minimum atomic E-state index is -1.04. The lowest BCUT2D eigenvalue weighted by molar-refractivity contribution is 0.0342. The minimum Gasteiger partial charge on any atom is -0.379 e. The summed E-state index contributed by atoms with van der Waals surface area (Å²) in [6.07, 6.45) is 0. The predicted molar refractivity (Wildman–Crippen MR) is 86.8 cm³/mol. The van der Waals surface area contributed by atoms with E-state index in [4.69, 9.17) is 4.74 Å². The van der Waals surface area contributed by atoms with Gasteiger partial charge in [-0.15, -0.1) is 0 Å². The van der Waals surface area contributed by atoms with Crippen LogP contribution in [0.5, 0.6) is 0 Å². The van der Waals surface area contributed by atoms with Gasteiger partial charge in [-0.25, -0.2) is 8.78 Å². The molecule has 0 spiro atoms. The number of benzene rings is 2. The van der Waals surface area contributed by atoms with E-state index >= 15 is 0 Å². The summed E-state index contributed by atoms with van der Waals surface area (Å²) in [5.74, 6) is -2.49. The maximum Gasteiger partial charge on any atom is 0.255 e. The molecule has 126 valence electrons. The highest BCUT2D eigenvalue weighted by Crippen LogP contribution is 2.15. The Balaban J connectivity index is 1.60. The molecule has 0 unspecified atom stereocenters. The average molecular weight is 332 g/mol. The molecule has 0 aromatic heterocycles. The number of amides is 1. The van der Waals surface area contributed by atoms with Crippen LogP contribution in [0.1, 0.15) is 15.9 Å². The Bertz CT molecular complexity index is 713. The SMILES string of the molecule is O=C(Nc1ccc(CN2CCOCC2)cc1)c1ccc(F)c(F)c1. The van der Waals surface area contributed by atoms with E-state index < -0.39 is 17.5 Å². The quantitative estimate of drug-likeness (QED) is 0.936. The van der Waals surface area contributed by atoms with Gasteiger partial charge in [-0.1, -0.05) is 12.1 Å². The normalized spacial score (nSPS) is 15.2. The molecule has 0 aliphatic carbocycles. The summed E-state index contributed by atoms with van der Waals surface area (Å²) in [6.45, 7) is 4.16. The molecular weight excluding hydrogens is 314 g/mol. The first-order chi connectivity index (χ1) is 11.6. The number of nitrogens with zero attached hydrogens (tertiary/aromatic N) is 1. The molecule has 1 amide bonds. The molecule has 0 saturated carbocycles. The van der Waals surface area contributed by atoms with Gasteiger partial charge in [-0.2, -0.15) is 0 Å². The van der Waals surface area contributed by atoms with Crippen LogP contribution in [-0.2, 0) is 11.3 Å². The van der Waals surface area contributed by atoms with Crippen molar-refractivity contribution in [2.24, 2.45) is 0 Å². The molecular formula is C18H18F2N2O2. The van der Waals surface area contributed by atoms with Crippen molar-refractivity contribution in [2.45, 2.75) is 6.54 Å². The number of carbonyl (C=O) groups excluding carboxylic acids is 1. The molecule has 1 N–H and O–H groups in total. The van der Waals surface area contributed by atoms with Crippen LogP contribution >= 0.6 is 0 Å². The summed E-state index contributed by atoms with van der Waals surface area (Å²) in [5.41, 5.74) is 1.82. The zero-order chi connectivity index (χ0) is 16.9. The Morgan fingerprint density at radius 1 is 1.04 bits per heavy atom. The highest BCUT2D eigenvalue weighted by atomic mass is 19.2. The molecule has 0 radical (unpaired) electrons. The van der Waals surface area contributed by atoms with Gasteiger partial charge in [0.1, 0.15) is 0 Å². The van der Waals surface area contributed by atoms with Crippen LogP contribution in [0.3, 0.4) is 0 Å². The summed E-state index contributed by atoms with van der Waals surface area (Å²) < 4.78 is 31.4. The molecule has 1 heterocycles. The van der Waals surface area contributed by atoms with E-state index in [1.807, 2.05) is 12.1 Å². The van der Waals surface area contributed by atoms with Crippen LogP contribution in [0.2, 0.25) is 0 Å². The second-order valence-corrected chi connectivity index (χ2v) is 5.67. The van der Waals surface area contributed by atoms with Gasteiger partial charge in [0.05, 0.1) is 13.2 Å². The van der Waals surface area contributed by atoms with E-state index in [2.05, 4.69) is 10.2 Å². The van der Waals surface area contributed by atoms with E-state index in [1.165, 1.54) is 6.07 Å². The predicted octanol–water partition coefficient (Wildman–Crippen LogP) is 3.05. The lowest BCUT2D eigenvalue weighted by atomic mass is 10.1.